The van der Waals surface area contributed by atoms with Crippen molar-refractivity contribution in [3.05, 3.63) is 58.1 Å². The van der Waals surface area contributed by atoms with Gasteiger partial charge in [-0.25, -0.2) is 13.6 Å². The van der Waals surface area contributed by atoms with Crippen molar-refractivity contribution in [3.8, 4) is 0 Å². The van der Waals surface area contributed by atoms with Crippen LogP contribution in [0.4, 0.5) is 8.78 Å². The minimum Gasteiger partial charge on any atom is -0.478 e. The number of rotatable bonds is 3. The molecular formula is C13H7BrF2O2S. The Bertz CT molecular complexity index is 647. The molecule has 0 aliphatic rings. The number of hydrogen-bond acceptors (Lipinski definition) is 2. The van der Waals surface area contributed by atoms with E-state index in [-0.39, 0.29) is 10.5 Å². The Morgan fingerprint density at radius 1 is 1.16 bits per heavy atom. The van der Waals surface area contributed by atoms with Crippen molar-refractivity contribution in [2.75, 3.05) is 0 Å². The molecule has 0 aromatic heterocycles. The Hall–Kier alpha value is -1.40. The van der Waals surface area contributed by atoms with Gasteiger partial charge in [-0.15, -0.1) is 0 Å². The summed E-state index contributed by atoms with van der Waals surface area (Å²) in [5.74, 6) is -2.51. The Morgan fingerprint density at radius 3 is 2.53 bits per heavy atom. The van der Waals surface area contributed by atoms with Crippen LogP contribution in [-0.4, -0.2) is 11.1 Å². The second-order valence-corrected chi connectivity index (χ2v) is 5.53. The molecule has 0 radical (unpaired) electrons. The summed E-state index contributed by atoms with van der Waals surface area (Å²) < 4.78 is 26.8. The molecule has 0 heterocycles. The standard InChI is InChI=1S/C13H7BrF2O2S/c14-8-2-1-3-11(12(8)13(17)18)19-10-5-4-7(15)6-9(10)16/h1-6H,(H,17,18). The van der Waals surface area contributed by atoms with Crippen LogP contribution in [0.15, 0.2) is 50.7 Å². The van der Waals surface area contributed by atoms with Crippen molar-refractivity contribution in [2.45, 2.75) is 9.79 Å². The first-order valence-electron chi connectivity index (χ1n) is 5.13. The lowest BCUT2D eigenvalue weighted by Gasteiger charge is -2.08. The number of aromatic carboxylic acids is 1. The van der Waals surface area contributed by atoms with Crippen LogP contribution >= 0.6 is 27.7 Å². The van der Waals surface area contributed by atoms with Crippen molar-refractivity contribution in [2.24, 2.45) is 0 Å². The third-order valence-corrected chi connectivity index (χ3v) is 4.08. The SMILES string of the molecule is O=C(O)c1c(Br)cccc1Sc1ccc(F)cc1F. The fourth-order valence-corrected chi connectivity index (χ4v) is 3.12. The molecule has 0 saturated heterocycles. The molecule has 6 heteroatoms. The average molecular weight is 345 g/mol. The molecule has 0 aliphatic heterocycles. The molecular weight excluding hydrogens is 338 g/mol. The Morgan fingerprint density at radius 2 is 1.89 bits per heavy atom. The molecule has 0 fully saturated rings. The largest absolute Gasteiger partial charge is 0.478 e. The summed E-state index contributed by atoms with van der Waals surface area (Å²) >= 11 is 4.08. The van der Waals surface area contributed by atoms with Gasteiger partial charge in [0, 0.05) is 20.3 Å². The number of benzene rings is 2. The summed E-state index contributed by atoms with van der Waals surface area (Å²) in [7, 11) is 0. The number of carboxylic acid groups (broad SMARTS) is 1. The molecule has 0 bridgehead atoms. The summed E-state index contributed by atoms with van der Waals surface area (Å²) in [6.07, 6.45) is 0. The van der Waals surface area contributed by atoms with E-state index < -0.39 is 17.6 Å². The predicted molar refractivity (Wildman–Crippen MR) is 71.6 cm³/mol. The van der Waals surface area contributed by atoms with Crippen LogP contribution in [0.1, 0.15) is 10.4 Å². The van der Waals surface area contributed by atoms with Crippen molar-refractivity contribution in [1.29, 1.82) is 0 Å². The van der Waals surface area contributed by atoms with Gasteiger partial charge in [-0.05, 0) is 40.2 Å². The lowest BCUT2D eigenvalue weighted by atomic mass is 10.2. The van der Waals surface area contributed by atoms with Crippen molar-refractivity contribution < 1.29 is 18.7 Å². The smallest absolute Gasteiger partial charge is 0.338 e. The van der Waals surface area contributed by atoms with Gasteiger partial charge in [0.15, 0.2) is 0 Å². The Kier molecular flexibility index (Phi) is 4.21. The first kappa shape index (κ1) is 14.0. The van der Waals surface area contributed by atoms with Crippen LogP contribution in [0.2, 0.25) is 0 Å². The maximum absolute atomic E-state index is 13.5. The first-order valence-corrected chi connectivity index (χ1v) is 6.74. The summed E-state index contributed by atoms with van der Waals surface area (Å²) in [4.78, 5) is 11.7. The van der Waals surface area contributed by atoms with Crippen LogP contribution in [-0.2, 0) is 0 Å². The zero-order valence-corrected chi connectivity index (χ0v) is 11.8. The van der Waals surface area contributed by atoms with Gasteiger partial charge in [-0.2, -0.15) is 0 Å². The molecule has 2 aromatic carbocycles. The number of carboxylic acids is 1. The van der Waals surface area contributed by atoms with Crippen LogP contribution < -0.4 is 0 Å². The van der Waals surface area contributed by atoms with E-state index in [0.29, 0.717) is 9.37 Å². The number of carbonyl (C=O) groups is 1. The van der Waals surface area contributed by atoms with E-state index in [1.54, 1.807) is 18.2 Å². The summed E-state index contributed by atoms with van der Waals surface area (Å²) in [6.45, 7) is 0. The maximum Gasteiger partial charge on any atom is 0.338 e. The van der Waals surface area contributed by atoms with Gasteiger partial charge in [-0.1, -0.05) is 17.8 Å². The van der Waals surface area contributed by atoms with E-state index >= 15 is 0 Å². The Balaban J connectivity index is 2.44. The zero-order valence-electron chi connectivity index (χ0n) is 9.36. The van der Waals surface area contributed by atoms with Gasteiger partial charge < -0.3 is 5.11 Å². The molecule has 2 aromatic rings. The van der Waals surface area contributed by atoms with Crippen LogP contribution in [0.25, 0.3) is 0 Å². The molecule has 2 nitrogen and oxygen atoms in total. The fraction of sp³-hybridized carbons (Fsp3) is 0. The monoisotopic (exact) mass is 344 g/mol. The fourth-order valence-electron chi connectivity index (χ4n) is 1.47. The predicted octanol–water partition coefficient (Wildman–Crippen LogP) is 4.58. The third-order valence-electron chi connectivity index (χ3n) is 2.30. The zero-order chi connectivity index (χ0) is 14.0. The van der Waals surface area contributed by atoms with Gasteiger partial charge in [0.2, 0.25) is 0 Å². The minimum absolute atomic E-state index is 0.0521. The molecule has 19 heavy (non-hydrogen) atoms. The third kappa shape index (κ3) is 3.13. The van der Waals surface area contributed by atoms with Crippen molar-refractivity contribution in [1.82, 2.24) is 0 Å². The van der Waals surface area contributed by atoms with Gasteiger partial charge in [0.1, 0.15) is 11.6 Å². The van der Waals surface area contributed by atoms with E-state index in [9.17, 15) is 13.6 Å². The van der Waals surface area contributed by atoms with Gasteiger partial charge >= 0.3 is 5.97 Å². The molecule has 0 spiro atoms. The molecule has 0 unspecified atom stereocenters. The molecule has 0 saturated carbocycles. The lowest BCUT2D eigenvalue weighted by Crippen LogP contribution is -2.00. The molecule has 98 valence electrons. The molecule has 2 rings (SSSR count). The van der Waals surface area contributed by atoms with E-state index in [1.807, 2.05) is 0 Å². The van der Waals surface area contributed by atoms with E-state index in [0.717, 1.165) is 23.9 Å². The summed E-state index contributed by atoms with van der Waals surface area (Å²) in [5, 5.41) is 9.14. The van der Waals surface area contributed by atoms with E-state index in [1.165, 1.54) is 6.07 Å². The topological polar surface area (TPSA) is 37.3 Å². The number of halogens is 3. The molecule has 1 N–H and O–H groups in total. The highest BCUT2D eigenvalue weighted by Gasteiger charge is 2.16. The summed E-state index contributed by atoms with van der Waals surface area (Å²) in [5.41, 5.74) is 0.0521. The second-order valence-electron chi connectivity index (χ2n) is 3.59. The Labute approximate surface area is 120 Å². The maximum atomic E-state index is 13.5. The van der Waals surface area contributed by atoms with Gasteiger partial charge in [-0.3, -0.25) is 0 Å². The minimum atomic E-state index is -1.11. The highest BCUT2D eigenvalue weighted by atomic mass is 79.9. The van der Waals surface area contributed by atoms with Crippen LogP contribution in [0, 0.1) is 11.6 Å². The number of hydrogen-bond donors (Lipinski definition) is 1. The van der Waals surface area contributed by atoms with E-state index in [2.05, 4.69) is 15.9 Å². The van der Waals surface area contributed by atoms with Crippen molar-refractivity contribution in [3.63, 3.8) is 0 Å². The highest BCUT2D eigenvalue weighted by Crippen LogP contribution is 2.35. The van der Waals surface area contributed by atoms with E-state index in [4.69, 9.17) is 5.11 Å². The van der Waals surface area contributed by atoms with Gasteiger partial charge in [0.25, 0.3) is 0 Å². The highest BCUT2D eigenvalue weighted by molar-refractivity contribution is 9.10. The quantitative estimate of drug-likeness (QED) is 0.885. The van der Waals surface area contributed by atoms with Crippen LogP contribution in [0.3, 0.4) is 0 Å². The lowest BCUT2D eigenvalue weighted by molar-refractivity contribution is 0.0692. The normalized spacial score (nSPS) is 10.5. The van der Waals surface area contributed by atoms with Gasteiger partial charge in [0.05, 0.1) is 5.56 Å². The molecule has 0 atom stereocenters. The van der Waals surface area contributed by atoms with Crippen molar-refractivity contribution >= 4 is 33.7 Å². The van der Waals surface area contributed by atoms with Crippen LogP contribution in [0.5, 0.6) is 0 Å². The average Bonchev–Trinajstić information content (AvgIpc) is 2.32. The molecule has 0 aliphatic carbocycles. The summed E-state index contributed by atoms with van der Waals surface area (Å²) in [6, 6.07) is 7.99. The molecule has 0 amide bonds. The second kappa shape index (κ2) is 5.71. The first-order chi connectivity index (χ1) is 8.99.